The van der Waals surface area contributed by atoms with Crippen LogP contribution in [0.4, 0.5) is 0 Å². The van der Waals surface area contributed by atoms with E-state index in [9.17, 15) is 9.59 Å². The average Bonchev–Trinajstić information content (AvgIpc) is 3.15. The summed E-state index contributed by atoms with van der Waals surface area (Å²) in [5, 5.41) is 2.91. The van der Waals surface area contributed by atoms with Crippen molar-refractivity contribution in [2.45, 2.75) is 38.6 Å². The van der Waals surface area contributed by atoms with Crippen LogP contribution >= 0.6 is 0 Å². The largest absolute Gasteiger partial charge is 0.356 e. The van der Waals surface area contributed by atoms with Gasteiger partial charge in [0, 0.05) is 24.6 Å². The fraction of sp³-hybridized carbons (Fsp3) is 0.333. The van der Waals surface area contributed by atoms with E-state index in [1.807, 2.05) is 54.8 Å². The van der Waals surface area contributed by atoms with Gasteiger partial charge < -0.3 is 19.4 Å². The van der Waals surface area contributed by atoms with Crippen molar-refractivity contribution < 1.29 is 14.3 Å². The van der Waals surface area contributed by atoms with Gasteiger partial charge in [0.1, 0.15) is 6.61 Å². The third-order valence-electron chi connectivity index (χ3n) is 4.97. The first-order valence-corrected chi connectivity index (χ1v) is 9.57. The van der Waals surface area contributed by atoms with E-state index in [1.165, 1.54) is 0 Å². The summed E-state index contributed by atoms with van der Waals surface area (Å²) < 4.78 is 7.55. The average molecular weight is 393 g/mol. The number of carbonyl (C=O) groups excluding carboxylic acids is 2. The monoisotopic (exact) mass is 393 g/mol. The summed E-state index contributed by atoms with van der Waals surface area (Å²) in [5.74, 6) is -0.391. The van der Waals surface area contributed by atoms with Gasteiger partial charge in [0.25, 0.3) is 5.91 Å². The van der Waals surface area contributed by atoms with Crippen molar-refractivity contribution in [3.8, 4) is 0 Å². The Kier molecular flexibility index (Phi) is 5.26. The van der Waals surface area contributed by atoms with Crippen LogP contribution in [0.2, 0.25) is 0 Å². The second-order valence-corrected chi connectivity index (χ2v) is 7.27. The van der Waals surface area contributed by atoms with Gasteiger partial charge in [-0.3, -0.25) is 14.6 Å². The molecule has 1 aliphatic rings. The molecule has 8 heteroatoms. The van der Waals surface area contributed by atoms with Crippen molar-refractivity contribution in [3.63, 3.8) is 0 Å². The quantitative estimate of drug-likeness (QED) is 0.713. The van der Waals surface area contributed by atoms with Crippen LogP contribution in [-0.2, 0) is 20.9 Å². The number of fused-ring (bicyclic) bond motifs is 1. The first kappa shape index (κ1) is 19.1. The van der Waals surface area contributed by atoms with Crippen LogP contribution in [-0.4, -0.2) is 49.8 Å². The highest BCUT2D eigenvalue weighted by Crippen LogP contribution is 2.32. The second kappa shape index (κ2) is 8.00. The number of carbonyl (C=O) groups is 2. The van der Waals surface area contributed by atoms with Gasteiger partial charge in [0.05, 0.1) is 24.5 Å². The molecule has 3 aromatic rings. The van der Waals surface area contributed by atoms with E-state index in [0.717, 1.165) is 11.3 Å². The summed E-state index contributed by atoms with van der Waals surface area (Å²) in [4.78, 5) is 35.8. The zero-order valence-electron chi connectivity index (χ0n) is 16.4. The van der Waals surface area contributed by atoms with Crippen molar-refractivity contribution in [2.75, 3.05) is 6.61 Å². The standard InChI is InChI=1S/C21H23N5O3/c1-14(2)26-18(27)13-29-20(19(26)15-6-4-3-5-7-15)21(28)23-10-16-12-25-9-8-22-11-17(25)24-16/h3-9,11-12,14,19-20H,10,13H2,1-2H3,(H,23,28)/t19-,20+/m1/s1. The SMILES string of the molecule is CC(C)N1C(=O)CO[C@H](C(=O)NCc2cn3ccncc3n2)[C@H]1c1ccccc1. The predicted molar refractivity (Wildman–Crippen MR) is 106 cm³/mol. The lowest BCUT2D eigenvalue weighted by Gasteiger charge is -2.42. The number of amides is 2. The van der Waals surface area contributed by atoms with Crippen LogP contribution in [0.3, 0.4) is 0 Å². The number of nitrogens with zero attached hydrogens (tertiary/aromatic N) is 4. The Morgan fingerprint density at radius 1 is 1.31 bits per heavy atom. The Bertz CT molecular complexity index is 984. The van der Waals surface area contributed by atoms with Crippen LogP contribution in [0, 0.1) is 0 Å². The maximum absolute atomic E-state index is 13.0. The maximum atomic E-state index is 13.0. The van der Waals surface area contributed by atoms with Crippen molar-refractivity contribution in [3.05, 3.63) is 66.4 Å². The van der Waals surface area contributed by atoms with E-state index in [4.69, 9.17) is 4.74 Å². The number of morpholine rings is 1. The Labute approximate surface area is 168 Å². The first-order valence-electron chi connectivity index (χ1n) is 9.57. The Balaban J connectivity index is 1.55. The molecule has 0 spiro atoms. The number of hydrogen-bond acceptors (Lipinski definition) is 5. The Morgan fingerprint density at radius 3 is 2.83 bits per heavy atom. The van der Waals surface area contributed by atoms with Crippen LogP contribution in [0.1, 0.15) is 31.1 Å². The third-order valence-corrected chi connectivity index (χ3v) is 4.97. The molecule has 3 heterocycles. The van der Waals surface area contributed by atoms with Gasteiger partial charge in [0.2, 0.25) is 5.91 Å². The molecular formula is C21H23N5O3. The van der Waals surface area contributed by atoms with Crippen molar-refractivity contribution >= 4 is 17.5 Å². The molecule has 0 aliphatic carbocycles. The molecule has 4 rings (SSSR count). The molecular weight excluding hydrogens is 370 g/mol. The fourth-order valence-corrected chi connectivity index (χ4v) is 3.70. The molecule has 1 saturated heterocycles. The normalized spacial score (nSPS) is 19.7. The molecule has 29 heavy (non-hydrogen) atoms. The van der Waals surface area contributed by atoms with E-state index >= 15 is 0 Å². The van der Waals surface area contributed by atoms with Crippen molar-refractivity contribution in [2.24, 2.45) is 0 Å². The van der Waals surface area contributed by atoms with Gasteiger partial charge in [-0.05, 0) is 19.4 Å². The van der Waals surface area contributed by atoms with E-state index in [-0.39, 0.29) is 31.0 Å². The molecule has 1 aromatic carbocycles. The molecule has 1 fully saturated rings. The summed E-state index contributed by atoms with van der Waals surface area (Å²) in [7, 11) is 0. The number of imidazole rings is 1. The van der Waals surface area contributed by atoms with Gasteiger partial charge in [-0.2, -0.15) is 0 Å². The predicted octanol–water partition coefficient (Wildman–Crippen LogP) is 1.72. The minimum Gasteiger partial charge on any atom is -0.356 e. The molecule has 0 saturated carbocycles. The van der Waals surface area contributed by atoms with Gasteiger partial charge in [-0.15, -0.1) is 0 Å². The van der Waals surface area contributed by atoms with Crippen molar-refractivity contribution in [1.29, 1.82) is 0 Å². The fourth-order valence-electron chi connectivity index (χ4n) is 3.70. The summed E-state index contributed by atoms with van der Waals surface area (Å²) in [5.41, 5.74) is 2.30. The minimum atomic E-state index is -0.795. The topological polar surface area (TPSA) is 88.8 Å². The van der Waals surface area contributed by atoms with E-state index in [0.29, 0.717) is 5.65 Å². The number of rotatable bonds is 5. The number of nitrogens with one attached hydrogen (secondary N) is 1. The lowest BCUT2D eigenvalue weighted by atomic mass is 9.96. The molecule has 2 atom stereocenters. The summed E-state index contributed by atoms with van der Waals surface area (Å²) >= 11 is 0. The second-order valence-electron chi connectivity index (χ2n) is 7.27. The minimum absolute atomic E-state index is 0.0576. The summed E-state index contributed by atoms with van der Waals surface area (Å²) in [6.07, 6.45) is 6.19. The molecule has 0 radical (unpaired) electrons. The molecule has 0 bridgehead atoms. The molecule has 2 aromatic heterocycles. The lowest BCUT2D eigenvalue weighted by molar-refractivity contribution is -0.167. The highest BCUT2D eigenvalue weighted by atomic mass is 16.5. The maximum Gasteiger partial charge on any atom is 0.252 e. The Hall–Kier alpha value is -3.26. The number of hydrogen-bond donors (Lipinski definition) is 1. The summed E-state index contributed by atoms with van der Waals surface area (Å²) in [6, 6.07) is 8.98. The van der Waals surface area contributed by atoms with Gasteiger partial charge in [0.15, 0.2) is 11.8 Å². The van der Waals surface area contributed by atoms with Crippen LogP contribution < -0.4 is 5.32 Å². The highest BCUT2D eigenvalue weighted by Gasteiger charge is 2.42. The number of benzene rings is 1. The van der Waals surface area contributed by atoms with Crippen LogP contribution in [0.5, 0.6) is 0 Å². The van der Waals surface area contributed by atoms with Crippen LogP contribution in [0.25, 0.3) is 5.65 Å². The van der Waals surface area contributed by atoms with E-state index in [2.05, 4.69) is 15.3 Å². The zero-order chi connectivity index (χ0) is 20.4. The molecule has 1 N–H and O–H groups in total. The molecule has 8 nitrogen and oxygen atoms in total. The van der Waals surface area contributed by atoms with Crippen molar-refractivity contribution in [1.82, 2.24) is 24.6 Å². The molecule has 150 valence electrons. The zero-order valence-corrected chi connectivity index (χ0v) is 16.4. The molecule has 0 unspecified atom stereocenters. The summed E-state index contributed by atoms with van der Waals surface area (Å²) in [6.45, 7) is 4.04. The van der Waals surface area contributed by atoms with Gasteiger partial charge in [-0.25, -0.2) is 4.98 Å². The first-order chi connectivity index (χ1) is 14.0. The lowest BCUT2D eigenvalue weighted by Crippen LogP contribution is -2.56. The Morgan fingerprint density at radius 2 is 2.10 bits per heavy atom. The van der Waals surface area contributed by atoms with Gasteiger partial charge in [-0.1, -0.05) is 30.3 Å². The highest BCUT2D eigenvalue weighted by molar-refractivity contribution is 5.86. The number of ether oxygens (including phenoxy) is 1. The number of aromatic nitrogens is 3. The smallest absolute Gasteiger partial charge is 0.252 e. The molecule has 2 amide bonds. The van der Waals surface area contributed by atoms with Crippen LogP contribution in [0.15, 0.2) is 55.1 Å². The molecule has 1 aliphatic heterocycles. The van der Waals surface area contributed by atoms with E-state index < -0.39 is 12.1 Å². The third kappa shape index (κ3) is 3.84. The van der Waals surface area contributed by atoms with E-state index in [1.54, 1.807) is 23.5 Å². The van der Waals surface area contributed by atoms with Gasteiger partial charge >= 0.3 is 0 Å².